The molecule has 6 heteroatoms. The Balaban J connectivity index is 2.26. The quantitative estimate of drug-likeness (QED) is 0.492. The summed E-state index contributed by atoms with van der Waals surface area (Å²) in [5, 5.41) is 1.41. The Bertz CT molecular complexity index is 784. The minimum Gasteiger partial charge on any atom is -0.497 e. The van der Waals surface area contributed by atoms with E-state index in [9.17, 15) is 0 Å². The lowest BCUT2D eigenvalue weighted by molar-refractivity contribution is 0.415. The first-order chi connectivity index (χ1) is 9.60. The fourth-order valence-electron chi connectivity index (χ4n) is 2.15. The number of methoxy groups -OCH3 is 1. The van der Waals surface area contributed by atoms with Crippen LogP contribution in [0.5, 0.6) is 5.75 Å². The highest BCUT2D eigenvalue weighted by molar-refractivity contribution is 7.19. The van der Waals surface area contributed by atoms with Crippen LogP contribution in [0.3, 0.4) is 0 Å². The van der Waals surface area contributed by atoms with Crippen LogP contribution in [0.15, 0.2) is 24.3 Å². The van der Waals surface area contributed by atoms with E-state index in [0.717, 1.165) is 32.0 Å². The van der Waals surface area contributed by atoms with E-state index in [4.69, 9.17) is 27.9 Å². The van der Waals surface area contributed by atoms with Crippen LogP contribution >= 0.6 is 34.5 Å². The molecule has 0 aliphatic rings. The fraction of sp³-hybridized carbons (Fsp3) is 0.143. The molecule has 0 amide bonds. The molecule has 0 radical (unpaired) electrons. The maximum atomic E-state index is 6.24. The lowest BCUT2D eigenvalue weighted by Gasteiger charge is -2.05. The van der Waals surface area contributed by atoms with Crippen molar-refractivity contribution < 1.29 is 4.74 Å². The van der Waals surface area contributed by atoms with Crippen LogP contribution in [0.2, 0.25) is 10.4 Å². The van der Waals surface area contributed by atoms with E-state index in [2.05, 4.69) is 9.97 Å². The molecule has 1 aromatic carbocycles. The Kier molecular flexibility index (Phi) is 3.54. The average molecular weight is 325 g/mol. The molecule has 0 aliphatic carbocycles. The molecule has 0 N–H and O–H groups in total. The van der Waals surface area contributed by atoms with Gasteiger partial charge in [-0.3, -0.25) is 0 Å². The lowest BCUT2D eigenvalue weighted by atomic mass is 10.0. The van der Waals surface area contributed by atoms with Gasteiger partial charge in [0.15, 0.2) is 0 Å². The summed E-state index contributed by atoms with van der Waals surface area (Å²) in [6.45, 7) is 2.04. The molecular formula is C14H10Cl2N2OS. The van der Waals surface area contributed by atoms with Gasteiger partial charge in [-0.2, -0.15) is 0 Å². The molecular weight excluding hydrogens is 315 g/mol. The minimum absolute atomic E-state index is 0.171. The van der Waals surface area contributed by atoms with Gasteiger partial charge in [-0.1, -0.05) is 23.7 Å². The number of nitrogens with zero attached hydrogens (tertiary/aromatic N) is 2. The van der Waals surface area contributed by atoms with Crippen molar-refractivity contribution in [3.05, 3.63) is 39.6 Å². The normalized spacial score (nSPS) is 11.0. The molecule has 0 bridgehead atoms. The van der Waals surface area contributed by atoms with E-state index in [1.165, 1.54) is 0 Å². The third-order valence-corrected chi connectivity index (χ3v) is 4.48. The van der Waals surface area contributed by atoms with Crippen molar-refractivity contribution in [2.24, 2.45) is 0 Å². The number of aryl methyl sites for hydroxylation is 1. The highest BCUT2D eigenvalue weighted by atomic mass is 35.5. The van der Waals surface area contributed by atoms with E-state index in [1.54, 1.807) is 18.4 Å². The Morgan fingerprint density at radius 3 is 2.45 bits per heavy atom. The van der Waals surface area contributed by atoms with Crippen LogP contribution in [-0.4, -0.2) is 17.1 Å². The van der Waals surface area contributed by atoms with Crippen molar-refractivity contribution in [1.29, 1.82) is 0 Å². The number of fused-ring (bicyclic) bond motifs is 1. The van der Waals surface area contributed by atoms with Gasteiger partial charge in [0.2, 0.25) is 5.28 Å². The van der Waals surface area contributed by atoms with E-state index in [0.29, 0.717) is 5.15 Å². The molecule has 0 atom stereocenters. The second-order valence-electron chi connectivity index (χ2n) is 4.23. The summed E-state index contributed by atoms with van der Waals surface area (Å²) < 4.78 is 5.18. The summed E-state index contributed by atoms with van der Waals surface area (Å²) in [5.41, 5.74) is 2.11. The smallest absolute Gasteiger partial charge is 0.225 e. The number of benzene rings is 1. The number of ether oxygens (including phenoxy) is 1. The summed E-state index contributed by atoms with van der Waals surface area (Å²) >= 11 is 13.7. The second-order valence-corrected chi connectivity index (χ2v) is 6.12. The lowest BCUT2D eigenvalue weighted by Crippen LogP contribution is -1.86. The standard InChI is InChI=1S/C14H10Cl2N2OS/c1-7-10(8-3-5-9(19-2)6-4-8)11-12(15)17-14(16)18-13(11)20-7/h3-6H,1-2H3. The molecule has 3 nitrogen and oxygen atoms in total. The second kappa shape index (κ2) is 5.20. The molecule has 3 aromatic rings. The monoisotopic (exact) mass is 324 g/mol. The number of hydrogen-bond acceptors (Lipinski definition) is 4. The Morgan fingerprint density at radius 2 is 1.80 bits per heavy atom. The zero-order valence-electron chi connectivity index (χ0n) is 10.8. The summed E-state index contributed by atoms with van der Waals surface area (Å²) in [4.78, 5) is 10.2. The van der Waals surface area contributed by atoms with Gasteiger partial charge in [0, 0.05) is 10.4 Å². The molecule has 0 saturated carbocycles. The van der Waals surface area contributed by atoms with Crippen LogP contribution in [0, 0.1) is 6.92 Å². The fourth-order valence-corrected chi connectivity index (χ4v) is 3.78. The van der Waals surface area contributed by atoms with Gasteiger partial charge < -0.3 is 4.74 Å². The third kappa shape index (κ3) is 2.24. The predicted molar refractivity (Wildman–Crippen MR) is 84.2 cm³/mol. The SMILES string of the molecule is COc1ccc(-c2c(C)sc3nc(Cl)nc(Cl)c23)cc1. The molecule has 2 heterocycles. The largest absolute Gasteiger partial charge is 0.497 e. The van der Waals surface area contributed by atoms with E-state index < -0.39 is 0 Å². The predicted octanol–water partition coefficient (Wildman–Crippen LogP) is 4.98. The van der Waals surface area contributed by atoms with Crippen LogP contribution in [-0.2, 0) is 0 Å². The topological polar surface area (TPSA) is 35.0 Å². The van der Waals surface area contributed by atoms with Crippen LogP contribution in [0.25, 0.3) is 21.3 Å². The summed E-state index contributed by atoms with van der Waals surface area (Å²) in [7, 11) is 1.65. The van der Waals surface area contributed by atoms with Crippen LogP contribution in [0.1, 0.15) is 4.88 Å². The molecule has 0 unspecified atom stereocenters. The summed E-state index contributed by atoms with van der Waals surface area (Å²) in [6.07, 6.45) is 0. The summed E-state index contributed by atoms with van der Waals surface area (Å²) in [5.74, 6) is 0.816. The van der Waals surface area contributed by atoms with E-state index in [1.807, 2.05) is 31.2 Å². The molecule has 0 aliphatic heterocycles. The Hall–Kier alpha value is -1.36. The van der Waals surface area contributed by atoms with Crippen molar-refractivity contribution in [3.8, 4) is 16.9 Å². The average Bonchev–Trinajstić information content (AvgIpc) is 2.75. The Morgan fingerprint density at radius 1 is 1.10 bits per heavy atom. The number of aromatic nitrogens is 2. The molecule has 0 spiro atoms. The summed E-state index contributed by atoms with van der Waals surface area (Å²) in [6, 6.07) is 7.84. The maximum absolute atomic E-state index is 6.24. The van der Waals surface area contributed by atoms with Gasteiger partial charge in [-0.25, -0.2) is 9.97 Å². The number of halogens is 2. The van der Waals surface area contributed by atoms with Gasteiger partial charge in [-0.05, 0) is 36.2 Å². The molecule has 2 aromatic heterocycles. The van der Waals surface area contributed by atoms with Gasteiger partial charge >= 0.3 is 0 Å². The van der Waals surface area contributed by atoms with Gasteiger partial charge in [0.1, 0.15) is 15.7 Å². The molecule has 0 saturated heterocycles. The number of thiophene rings is 1. The van der Waals surface area contributed by atoms with Crippen LogP contribution in [0.4, 0.5) is 0 Å². The molecule has 20 heavy (non-hydrogen) atoms. The number of hydrogen-bond donors (Lipinski definition) is 0. The van der Waals surface area contributed by atoms with Crippen molar-refractivity contribution in [3.63, 3.8) is 0 Å². The zero-order chi connectivity index (χ0) is 14.3. The third-order valence-electron chi connectivity index (χ3n) is 3.03. The zero-order valence-corrected chi connectivity index (χ0v) is 13.1. The van der Waals surface area contributed by atoms with Gasteiger partial charge in [0.25, 0.3) is 0 Å². The molecule has 0 fully saturated rings. The van der Waals surface area contributed by atoms with Crippen molar-refractivity contribution in [1.82, 2.24) is 9.97 Å². The van der Waals surface area contributed by atoms with Crippen molar-refractivity contribution >= 4 is 44.8 Å². The first-order valence-corrected chi connectivity index (χ1v) is 7.44. The number of rotatable bonds is 2. The Labute approximate surface area is 130 Å². The molecule has 3 rings (SSSR count). The first-order valence-electron chi connectivity index (χ1n) is 5.86. The highest BCUT2D eigenvalue weighted by Gasteiger charge is 2.17. The minimum atomic E-state index is 0.171. The first kappa shape index (κ1) is 13.6. The van der Waals surface area contributed by atoms with Crippen molar-refractivity contribution in [2.45, 2.75) is 6.92 Å². The van der Waals surface area contributed by atoms with E-state index in [-0.39, 0.29) is 5.28 Å². The highest BCUT2D eigenvalue weighted by Crippen LogP contribution is 2.41. The van der Waals surface area contributed by atoms with Crippen LogP contribution < -0.4 is 4.74 Å². The van der Waals surface area contributed by atoms with Gasteiger partial charge in [-0.15, -0.1) is 11.3 Å². The maximum Gasteiger partial charge on any atom is 0.225 e. The molecule has 102 valence electrons. The van der Waals surface area contributed by atoms with Crippen molar-refractivity contribution in [2.75, 3.05) is 7.11 Å². The van der Waals surface area contributed by atoms with Gasteiger partial charge in [0.05, 0.1) is 12.5 Å². The van der Waals surface area contributed by atoms with E-state index >= 15 is 0 Å².